The molecule has 0 fully saturated rings. The van der Waals surface area contributed by atoms with Crippen molar-refractivity contribution in [3.8, 4) is 0 Å². The largest absolute Gasteiger partial charge is 2.00 e. The van der Waals surface area contributed by atoms with Crippen molar-refractivity contribution < 1.29 is 50.3 Å². The van der Waals surface area contributed by atoms with Gasteiger partial charge in [0.1, 0.15) is 0 Å². The summed E-state index contributed by atoms with van der Waals surface area (Å²) < 4.78 is 0. The second-order valence-corrected chi connectivity index (χ2v) is 1.77. The Morgan fingerprint density at radius 1 is 1.17 bits per heavy atom. The van der Waals surface area contributed by atoms with Crippen LogP contribution < -0.4 is 24.8 Å². The number of allylic oxidation sites excluding steroid dienone is 3. The van der Waals surface area contributed by atoms with E-state index in [1.807, 2.05) is 12.2 Å². The summed E-state index contributed by atoms with van der Waals surface area (Å²) in [5.41, 5.74) is 0. The Hall–Kier alpha value is 0.522. The number of unbranched alkanes of at least 4 members (excludes halogenated alkanes) is 2. The van der Waals surface area contributed by atoms with Crippen LogP contribution in [0.1, 0.15) is 19.3 Å². The Morgan fingerprint density at radius 3 is 2.17 bits per heavy atom. The summed E-state index contributed by atoms with van der Waals surface area (Å²) in [6, 6.07) is 0. The van der Waals surface area contributed by atoms with Gasteiger partial charge in [0.15, 0.2) is 0 Å². The second-order valence-electron chi connectivity index (χ2n) is 1.77. The minimum absolute atomic E-state index is 0. The molecule has 0 unspecified atom stereocenters. The zero-order valence-corrected chi connectivity index (χ0v) is 9.72. The van der Waals surface area contributed by atoms with Crippen molar-refractivity contribution in [2.75, 3.05) is 0 Å². The molecule has 0 atom stereocenters. The fourth-order valence-electron chi connectivity index (χ4n) is 0.487. The molecule has 0 aromatic heterocycles. The van der Waals surface area contributed by atoms with E-state index in [0.29, 0.717) is 0 Å². The molecule has 0 heterocycles. The average Bonchev–Trinajstić information content (AvgIpc) is 1.89. The molecule has 0 aliphatic heterocycles. The standard InChI is InChI=1S/C8H13O.2ClH.Pd/c1-2-3-4-5-6-7-8-9;;;/h5-9H,1-4H2;2*1H;/q-1;;;+2/p-2. The molecular formula is C8H13Cl2OPd-. The number of aliphatic hydroxyl groups is 1. The first-order valence-electron chi connectivity index (χ1n) is 3.17. The third-order valence-corrected chi connectivity index (χ3v) is 0.954. The smallest absolute Gasteiger partial charge is 1.00 e. The van der Waals surface area contributed by atoms with Gasteiger partial charge in [0.2, 0.25) is 0 Å². The minimum atomic E-state index is 0. The van der Waals surface area contributed by atoms with Crippen LogP contribution in [0.25, 0.3) is 0 Å². The Morgan fingerprint density at radius 2 is 1.75 bits per heavy atom. The zero-order valence-electron chi connectivity index (χ0n) is 6.66. The van der Waals surface area contributed by atoms with Crippen LogP contribution in [0, 0.1) is 6.92 Å². The van der Waals surface area contributed by atoms with Gasteiger partial charge in [-0.15, -0.1) is 0 Å². The summed E-state index contributed by atoms with van der Waals surface area (Å²) in [5.74, 6) is 0. The molecule has 0 amide bonds. The van der Waals surface area contributed by atoms with Gasteiger partial charge >= 0.3 is 20.4 Å². The third kappa shape index (κ3) is 22.4. The maximum absolute atomic E-state index is 8.18. The summed E-state index contributed by atoms with van der Waals surface area (Å²) in [7, 11) is 0. The van der Waals surface area contributed by atoms with E-state index in [9.17, 15) is 0 Å². The van der Waals surface area contributed by atoms with E-state index in [1.165, 1.54) is 0 Å². The van der Waals surface area contributed by atoms with Gasteiger partial charge in [0.25, 0.3) is 0 Å². The first-order chi connectivity index (χ1) is 4.41. The molecule has 0 aromatic carbocycles. The van der Waals surface area contributed by atoms with E-state index < -0.39 is 0 Å². The molecule has 0 aromatic rings. The molecule has 0 radical (unpaired) electrons. The second kappa shape index (κ2) is 22.5. The Kier molecular flexibility index (Phi) is 43.0. The third-order valence-electron chi connectivity index (χ3n) is 0.954. The molecule has 0 spiro atoms. The van der Waals surface area contributed by atoms with Crippen molar-refractivity contribution in [2.24, 2.45) is 0 Å². The molecule has 12 heavy (non-hydrogen) atoms. The predicted octanol–water partition coefficient (Wildman–Crippen LogP) is -3.38. The number of hydrogen-bond acceptors (Lipinski definition) is 1. The average molecular weight is 303 g/mol. The van der Waals surface area contributed by atoms with Crippen molar-refractivity contribution in [3.63, 3.8) is 0 Å². The number of aliphatic hydroxyl groups excluding tert-OH is 1. The maximum Gasteiger partial charge on any atom is 2.00 e. The van der Waals surface area contributed by atoms with Gasteiger partial charge in [0.05, 0.1) is 6.26 Å². The normalized spacial score (nSPS) is 8.75. The Balaban J connectivity index is -0.000000107. The SMILES string of the molecule is [CH2-]CCCC=CC=CO.[Cl-].[Cl-].[Pd+2]. The number of rotatable bonds is 4. The van der Waals surface area contributed by atoms with Crippen LogP contribution in [-0.2, 0) is 20.4 Å². The van der Waals surface area contributed by atoms with Crippen LogP contribution in [0.15, 0.2) is 24.5 Å². The molecule has 0 rings (SSSR count). The summed E-state index contributed by atoms with van der Waals surface area (Å²) in [5, 5.41) is 8.18. The van der Waals surface area contributed by atoms with E-state index in [4.69, 9.17) is 5.11 Å². The van der Waals surface area contributed by atoms with Crippen LogP contribution in [0.3, 0.4) is 0 Å². The van der Waals surface area contributed by atoms with Crippen molar-refractivity contribution in [2.45, 2.75) is 19.3 Å². The van der Waals surface area contributed by atoms with Crippen LogP contribution in [0.5, 0.6) is 0 Å². The van der Waals surface area contributed by atoms with Crippen molar-refractivity contribution in [3.05, 3.63) is 31.4 Å². The van der Waals surface area contributed by atoms with E-state index in [1.54, 1.807) is 6.08 Å². The molecule has 0 saturated carbocycles. The molecule has 1 N–H and O–H groups in total. The summed E-state index contributed by atoms with van der Waals surface area (Å²) in [6.45, 7) is 3.70. The van der Waals surface area contributed by atoms with Crippen molar-refractivity contribution >= 4 is 0 Å². The van der Waals surface area contributed by atoms with Gasteiger partial charge in [-0.25, -0.2) is 0 Å². The van der Waals surface area contributed by atoms with E-state index >= 15 is 0 Å². The van der Waals surface area contributed by atoms with Crippen LogP contribution in [-0.4, -0.2) is 5.11 Å². The molecule has 0 bridgehead atoms. The first-order valence-corrected chi connectivity index (χ1v) is 3.17. The van der Waals surface area contributed by atoms with Crippen molar-refractivity contribution in [1.82, 2.24) is 0 Å². The summed E-state index contributed by atoms with van der Waals surface area (Å²) in [6.07, 6.45) is 9.62. The van der Waals surface area contributed by atoms with E-state index in [-0.39, 0.29) is 45.2 Å². The molecule has 0 aliphatic carbocycles. The van der Waals surface area contributed by atoms with Crippen molar-refractivity contribution in [1.29, 1.82) is 0 Å². The van der Waals surface area contributed by atoms with Gasteiger partial charge in [-0.2, -0.15) is 6.42 Å². The van der Waals surface area contributed by atoms with Gasteiger partial charge in [-0.3, -0.25) is 0 Å². The molecule has 0 saturated heterocycles. The monoisotopic (exact) mass is 301 g/mol. The Bertz CT molecular complexity index is 105. The van der Waals surface area contributed by atoms with Crippen LogP contribution in [0.4, 0.5) is 0 Å². The fraction of sp³-hybridized carbons (Fsp3) is 0.375. The number of hydrogen-bond donors (Lipinski definition) is 1. The maximum atomic E-state index is 8.18. The molecule has 76 valence electrons. The van der Waals surface area contributed by atoms with Crippen LogP contribution >= 0.6 is 0 Å². The molecule has 4 heteroatoms. The van der Waals surface area contributed by atoms with Gasteiger partial charge in [-0.05, 0) is 12.5 Å². The molecular weight excluding hydrogens is 289 g/mol. The first kappa shape index (κ1) is 22.9. The minimum Gasteiger partial charge on any atom is -1.00 e. The Labute approximate surface area is 101 Å². The van der Waals surface area contributed by atoms with Gasteiger partial charge < -0.3 is 36.8 Å². The number of halogens is 2. The van der Waals surface area contributed by atoms with Gasteiger partial charge in [0, 0.05) is 0 Å². The topological polar surface area (TPSA) is 20.2 Å². The summed E-state index contributed by atoms with van der Waals surface area (Å²) >= 11 is 0. The van der Waals surface area contributed by atoms with E-state index in [0.717, 1.165) is 25.5 Å². The quantitative estimate of drug-likeness (QED) is 0.189. The fourth-order valence-corrected chi connectivity index (χ4v) is 0.487. The summed E-state index contributed by atoms with van der Waals surface area (Å²) in [4.78, 5) is 0. The van der Waals surface area contributed by atoms with E-state index in [2.05, 4.69) is 6.92 Å². The zero-order chi connectivity index (χ0) is 6.95. The van der Waals surface area contributed by atoms with Gasteiger partial charge in [-0.1, -0.05) is 18.6 Å². The molecule has 1 nitrogen and oxygen atoms in total. The van der Waals surface area contributed by atoms with Crippen LogP contribution in [0.2, 0.25) is 0 Å². The molecule has 0 aliphatic rings. The predicted molar refractivity (Wildman–Crippen MR) is 40.1 cm³/mol.